The number of hydrogen-bond donors (Lipinski definition) is 0. The average molecular weight is 649 g/mol. The molecule has 3 heteroatoms. The van der Waals surface area contributed by atoms with Crippen LogP contribution >= 0.6 is 0 Å². The van der Waals surface area contributed by atoms with E-state index in [-0.39, 0.29) is 16.2 Å². The molecule has 1 spiro atoms. The maximum atomic E-state index is 7.66. The van der Waals surface area contributed by atoms with E-state index in [4.69, 9.17) is 14.2 Å². The first kappa shape index (κ1) is 31.7. The van der Waals surface area contributed by atoms with Gasteiger partial charge < -0.3 is 14.2 Å². The summed E-state index contributed by atoms with van der Waals surface area (Å²) in [5, 5.41) is 2.46. The van der Waals surface area contributed by atoms with Crippen LogP contribution in [0.5, 0.6) is 17.2 Å². The number of benzene rings is 5. The van der Waals surface area contributed by atoms with Crippen molar-refractivity contribution in [2.45, 2.75) is 78.7 Å². The fourth-order valence-electron chi connectivity index (χ4n) is 10.2. The van der Waals surface area contributed by atoms with Crippen molar-refractivity contribution < 1.29 is 14.2 Å². The molecule has 5 aromatic rings. The molecule has 3 aliphatic rings. The van der Waals surface area contributed by atoms with Gasteiger partial charge in [-0.15, -0.1) is 0 Å². The number of hydrogen-bond acceptors (Lipinski definition) is 3. The van der Waals surface area contributed by atoms with Gasteiger partial charge in [0.1, 0.15) is 17.2 Å². The Kier molecular flexibility index (Phi) is 6.96. The van der Waals surface area contributed by atoms with Crippen molar-refractivity contribution in [3.63, 3.8) is 0 Å². The SMILES string of the molecule is COc1ccc(C2(c3ccc(OC)cc3)C=Cc3c4c(c5cc(C)c(C)cc5c3O2)-c2ccc(C)cc2C42CC(C)(C)CC(C)(C)C2)cc1. The molecule has 0 atom stereocenters. The largest absolute Gasteiger partial charge is 0.497 e. The van der Waals surface area contributed by atoms with Crippen molar-refractivity contribution in [1.29, 1.82) is 0 Å². The molecular formula is C46H48O3. The van der Waals surface area contributed by atoms with Crippen LogP contribution in [-0.4, -0.2) is 14.2 Å². The number of ether oxygens (including phenoxy) is 3. The predicted octanol–water partition coefficient (Wildman–Crippen LogP) is 11.6. The van der Waals surface area contributed by atoms with Crippen LogP contribution in [0.1, 0.15) is 91.5 Å². The number of rotatable bonds is 4. The summed E-state index contributed by atoms with van der Waals surface area (Å²) in [7, 11) is 3.42. The Hall–Kier alpha value is -4.50. The molecular weight excluding hydrogens is 601 g/mol. The maximum absolute atomic E-state index is 7.66. The third kappa shape index (κ3) is 4.76. The van der Waals surface area contributed by atoms with E-state index in [2.05, 4.69) is 115 Å². The van der Waals surface area contributed by atoms with Gasteiger partial charge in [0.15, 0.2) is 5.60 Å². The lowest BCUT2D eigenvalue weighted by molar-refractivity contribution is 0.0641. The first-order chi connectivity index (χ1) is 23.3. The minimum absolute atomic E-state index is 0.132. The first-order valence-electron chi connectivity index (χ1n) is 17.7. The fraction of sp³-hybridized carbons (Fsp3) is 0.348. The lowest BCUT2D eigenvalue weighted by atomic mass is 9.52. The number of methoxy groups -OCH3 is 2. The van der Waals surface area contributed by atoms with Crippen LogP contribution < -0.4 is 14.2 Å². The summed E-state index contributed by atoms with van der Waals surface area (Å²) >= 11 is 0. The van der Waals surface area contributed by atoms with E-state index in [0.29, 0.717) is 0 Å². The van der Waals surface area contributed by atoms with Gasteiger partial charge in [0.2, 0.25) is 0 Å². The van der Waals surface area contributed by atoms with E-state index in [0.717, 1.165) is 41.2 Å². The molecule has 0 amide bonds. The molecule has 1 heterocycles. The molecule has 250 valence electrons. The third-order valence-electron chi connectivity index (χ3n) is 11.7. The standard InChI is InChI=1S/C46H48O3/c1-28-10-19-35-39(22-28)45(26-43(4,5)25-44(6,7)27-45)41-36-20-21-46(31-11-15-33(47-8)16-12-31,32-13-17-34(48-9)18-14-32)49-42(36)38-24-30(3)29(2)23-37(38)40(35)41/h10-24H,25-27H2,1-9H3. The lowest BCUT2D eigenvalue weighted by Crippen LogP contribution is -2.44. The molecule has 0 radical (unpaired) electrons. The second kappa shape index (κ2) is 10.7. The van der Waals surface area contributed by atoms with Gasteiger partial charge in [-0.1, -0.05) is 87.9 Å². The molecule has 1 aliphatic heterocycles. The first-order valence-corrected chi connectivity index (χ1v) is 17.7. The minimum atomic E-state index is -0.855. The third-order valence-corrected chi connectivity index (χ3v) is 11.7. The second-order valence-corrected chi connectivity index (χ2v) is 16.6. The quantitative estimate of drug-likeness (QED) is 0.194. The van der Waals surface area contributed by atoms with Gasteiger partial charge in [0.25, 0.3) is 0 Å². The van der Waals surface area contributed by atoms with Crippen LogP contribution in [0, 0.1) is 31.6 Å². The highest BCUT2D eigenvalue weighted by molar-refractivity contribution is 6.09. The van der Waals surface area contributed by atoms with Crippen molar-refractivity contribution >= 4 is 16.8 Å². The predicted molar refractivity (Wildman–Crippen MR) is 202 cm³/mol. The zero-order valence-corrected chi connectivity index (χ0v) is 30.5. The zero-order chi connectivity index (χ0) is 34.5. The van der Waals surface area contributed by atoms with Gasteiger partial charge >= 0.3 is 0 Å². The van der Waals surface area contributed by atoms with Crippen molar-refractivity contribution in [2.24, 2.45) is 10.8 Å². The Morgan fingerprint density at radius 2 is 1.18 bits per heavy atom. The van der Waals surface area contributed by atoms with E-state index in [9.17, 15) is 0 Å². The van der Waals surface area contributed by atoms with Gasteiger partial charge in [-0.3, -0.25) is 0 Å². The van der Waals surface area contributed by atoms with E-state index in [1.165, 1.54) is 61.7 Å². The highest BCUT2D eigenvalue weighted by Crippen LogP contribution is 2.67. The summed E-state index contributed by atoms with van der Waals surface area (Å²) in [5.41, 5.74) is 12.3. The van der Waals surface area contributed by atoms with Crippen LogP contribution in [-0.2, 0) is 11.0 Å². The normalized spacial score (nSPS) is 18.8. The molecule has 8 rings (SSSR count). The maximum Gasteiger partial charge on any atom is 0.178 e. The smallest absolute Gasteiger partial charge is 0.178 e. The van der Waals surface area contributed by atoms with Crippen molar-refractivity contribution in [3.05, 3.63) is 129 Å². The molecule has 49 heavy (non-hydrogen) atoms. The highest BCUT2D eigenvalue weighted by atomic mass is 16.5. The summed E-state index contributed by atoms with van der Waals surface area (Å²) in [6, 6.07) is 28.7. The number of fused-ring (bicyclic) bond motifs is 10. The molecule has 5 aromatic carbocycles. The molecule has 0 unspecified atom stereocenters. The van der Waals surface area contributed by atoms with Crippen LogP contribution in [0.4, 0.5) is 0 Å². The Labute approximate surface area is 291 Å². The Bertz CT molecular complexity index is 2100. The summed E-state index contributed by atoms with van der Waals surface area (Å²) in [6.45, 7) is 16.6. The van der Waals surface area contributed by atoms with Crippen molar-refractivity contribution in [2.75, 3.05) is 14.2 Å². The fourth-order valence-corrected chi connectivity index (χ4v) is 10.2. The lowest BCUT2D eigenvalue weighted by Gasteiger charge is -2.52. The number of aryl methyl sites for hydroxylation is 3. The molecule has 0 saturated heterocycles. The molecule has 0 N–H and O–H groups in total. The van der Waals surface area contributed by atoms with Gasteiger partial charge in [-0.05, 0) is 126 Å². The van der Waals surface area contributed by atoms with E-state index < -0.39 is 5.60 Å². The summed E-state index contributed by atoms with van der Waals surface area (Å²) < 4.78 is 18.8. The van der Waals surface area contributed by atoms with E-state index in [1.807, 2.05) is 24.3 Å². The monoisotopic (exact) mass is 648 g/mol. The molecule has 3 nitrogen and oxygen atoms in total. The second-order valence-electron chi connectivity index (χ2n) is 16.6. The Morgan fingerprint density at radius 3 is 1.73 bits per heavy atom. The summed E-state index contributed by atoms with van der Waals surface area (Å²) in [5.74, 6) is 2.61. The van der Waals surface area contributed by atoms with Crippen LogP contribution in [0.15, 0.2) is 84.9 Å². The van der Waals surface area contributed by atoms with Crippen molar-refractivity contribution in [3.8, 4) is 28.4 Å². The summed E-state index contributed by atoms with van der Waals surface area (Å²) in [4.78, 5) is 0. The van der Waals surface area contributed by atoms with Gasteiger partial charge in [-0.25, -0.2) is 0 Å². The van der Waals surface area contributed by atoms with Crippen LogP contribution in [0.25, 0.3) is 28.0 Å². The zero-order valence-electron chi connectivity index (χ0n) is 30.5. The van der Waals surface area contributed by atoms with Crippen molar-refractivity contribution in [1.82, 2.24) is 0 Å². The molecule has 0 bridgehead atoms. The van der Waals surface area contributed by atoms with Gasteiger partial charge in [-0.2, -0.15) is 0 Å². The average Bonchev–Trinajstić information content (AvgIpc) is 3.31. The van der Waals surface area contributed by atoms with E-state index in [1.54, 1.807) is 14.2 Å². The molecule has 0 aromatic heterocycles. The molecule has 1 saturated carbocycles. The Balaban J connectivity index is 1.48. The molecule has 1 fully saturated rings. The van der Waals surface area contributed by atoms with Gasteiger partial charge in [0, 0.05) is 27.5 Å². The topological polar surface area (TPSA) is 27.7 Å². The van der Waals surface area contributed by atoms with Crippen LogP contribution in [0.3, 0.4) is 0 Å². The van der Waals surface area contributed by atoms with E-state index >= 15 is 0 Å². The molecule has 2 aliphatic carbocycles. The van der Waals surface area contributed by atoms with Crippen LogP contribution in [0.2, 0.25) is 0 Å². The minimum Gasteiger partial charge on any atom is -0.497 e. The highest BCUT2D eigenvalue weighted by Gasteiger charge is 2.55. The summed E-state index contributed by atoms with van der Waals surface area (Å²) in [6.07, 6.45) is 8.11. The van der Waals surface area contributed by atoms with Gasteiger partial charge in [0.05, 0.1) is 14.2 Å². The Morgan fingerprint density at radius 1 is 0.633 bits per heavy atom.